The highest BCUT2D eigenvalue weighted by atomic mass is 16.5. The third-order valence-corrected chi connectivity index (χ3v) is 6.71. The van der Waals surface area contributed by atoms with Crippen LogP contribution in [0.2, 0.25) is 0 Å². The first-order chi connectivity index (χ1) is 18.8. The van der Waals surface area contributed by atoms with Crippen LogP contribution in [0.15, 0.2) is 73.1 Å². The first kappa shape index (κ1) is 27.6. The lowest BCUT2D eigenvalue weighted by atomic mass is 9.99. The number of nitrogens with zero attached hydrogens (tertiary/aromatic N) is 3. The van der Waals surface area contributed by atoms with E-state index in [0.717, 1.165) is 0 Å². The van der Waals surface area contributed by atoms with Gasteiger partial charge in [0.05, 0.1) is 30.4 Å². The standard InChI is InChI=1S/C29H33N5O5/c1-19-16-34(20(2)18-35)28(37)23-10-7-11-24(32-27(36)21-12-14-30-15-13-21)26(23)39-25(19)17-33(3)29(38)31-22-8-5-4-6-9-22/h4-15,19-20,25,35H,16-18H2,1-3H3,(H,31,38)(H,32,36)/t19-,20+,25-/m1/s1. The van der Waals surface area contributed by atoms with Crippen molar-refractivity contribution in [1.29, 1.82) is 0 Å². The van der Waals surface area contributed by atoms with Crippen LogP contribution >= 0.6 is 0 Å². The highest BCUT2D eigenvalue weighted by Crippen LogP contribution is 2.35. The van der Waals surface area contributed by atoms with Crippen LogP contribution in [0.3, 0.4) is 0 Å². The molecule has 4 rings (SSSR count). The Hall–Kier alpha value is -4.44. The van der Waals surface area contributed by atoms with Gasteiger partial charge in [0, 0.05) is 43.2 Å². The third-order valence-electron chi connectivity index (χ3n) is 6.71. The van der Waals surface area contributed by atoms with Gasteiger partial charge in [0.1, 0.15) is 6.10 Å². The summed E-state index contributed by atoms with van der Waals surface area (Å²) in [6, 6.07) is 16.5. The zero-order valence-corrected chi connectivity index (χ0v) is 22.2. The van der Waals surface area contributed by atoms with Crippen molar-refractivity contribution in [3.05, 3.63) is 84.2 Å². The molecule has 3 atom stereocenters. The molecule has 0 radical (unpaired) electrons. The van der Waals surface area contributed by atoms with Crippen molar-refractivity contribution in [2.45, 2.75) is 26.0 Å². The van der Waals surface area contributed by atoms with E-state index < -0.39 is 12.1 Å². The van der Waals surface area contributed by atoms with E-state index in [1.807, 2.05) is 25.1 Å². The van der Waals surface area contributed by atoms with E-state index in [9.17, 15) is 19.5 Å². The zero-order valence-electron chi connectivity index (χ0n) is 22.2. The number of rotatable bonds is 7. The zero-order chi connectivity index (χ0) is 27.9. The summed E-state index contributed by atoms with van der Waals surface area (Å²) >= 11 is 0. The Balaban J connectivity index is 1.65. The van der Waals surface area contributed by atoms with E-state index in [0.29, 0.717) is 23.5 Å². The minimum atomic E-state index is -0.532. The predicted molar refractivity (Wildman–Crippen MR) is 148 cm³/mol. The molecule has 0 bridgehead atoms. The molecule has 10 nitrogen and oxygen atoms in total. The molecule has 204 valence electrons. The number of fused-ring (bicyclic) bond motifs is 1. The minimum absolute atomic E-state index is 0.210. The molecular weight excluding hydrogens is 498 g/mol. The fourth-order valence-electron chi connectivity index (χ4n) is 4.35. The maximum Gasteiger partial charge on any atom is 0.321 e. The fourth-order valence-corrected chi connectivity index (χ4v) is 4.35. The molecule has 10 heteroatoms. The van der Waals surface area contributed by atoms with Crippen molar-refractivity contribution in [3.63, 3.8) is 0 Å². The second-order valence-electron chi connectivity index (χ2n) is 9.67. The van der Waals surface area contributed by atoms with Crippen LogP contribution in [-0.2, 0) is 0 Å². The Bertz CT molecular complexity index is 1300. The second kappa shape index (κ2) is 12.4. The van der Waals surface area contributed by atoms with Gasteiger partial charge in [0.15, 0.2) is 5.75 Å². The number of aliphatic hydroxyl groups excluding tert-OH is 1. The van der Waals surface area contributed by atoms with Gasteiger partial charge in [-0.3, -0.25) is 14.6 Å². The van der Waals surface area contributed by atoms with Crippen molar-refractivity contribution in [1.82, 2.24) is 14.8 Å². The van der Waals surface area contributed by atoms with Gasteiger partial charge in [-0.2, -0.15) is 0 Å². The van der Waals surface area contributed by atoms with Gasteiger partial charge in [-0.05, 0) is 43.3 Å². The van der Waals surface area contributed by atoms with Crippen LogP contribution in [-0.4, -0.2) is 76.6 Å². The third kappa shape index (κ3) is 6.53. The average Bonchev–Trinajstić information content (AvgIpc) is 2.95. The number of aliphatic hydroxyl groups is 1. The summed E-state index contributed by atoms with van der Waals surface area (Å²) in [4.78, 5) is 46.6. The summed E-state index contributed by atoms with van der Waals surface area (Å²) in [5, 5.41) is 15.6. The molecule has 3 N–H and O–H groups in total. The maximum atomic E-state index is 13.6. The summed E-state index contributed by atoms with van der Waals surface area (Å²) in [6.07, 6.45) is 2.51. The van der Waals surface area contributed by atoms with Gasteiger partial charge >= 0.3 is 6.03 Å². The summed E-state index contributed by atoms with van der Waals surface area (Å²) in [5.74, 6) is -0.694. The first-order valence-corrected chi connectivity index (χ1v) is 12.8. The number of para-hydroxylation sites is 2. The number of anilines is 2. The predicted octanol–water partition coefficient (Wildman–Crippen LogP) is 3.72. The topological polar surface area (TPSA) is 124 Å². The molecule has 0 fully saturated rings. The Labute approximate surface area is 227 Å². The molecule has 4 amide bonds. The number of hydrogen-bond acceptors (Lipinski definition) is 6. The number of hydrogen-bond donors (Lipinski definition) is 3. The van der Waals surface area contributed by atoms with Gasteiger partial charge in [-0.1, -0.05) is 31.2 Å². The van der Waals surface area contributed by atoms with Crippen LogP contribution in [0.25, 0.3) is 0 Å². The molecule has 0 saturated heterocycles. The molecule has 0 spiro atoms. The highest BCUT2D eigenvalue weighted by molar-refractivity contribution is 6.07. The summed E-state index contributed by atoms with van der Waals surface area (Å²) < 4.78 is 6.46. The Morgan fingerprint density at radius 2 is 1.82 bits per heavy atom. The van der Waals surface area contributed by atoms with Crippen molar-refractivity contribution in [2.24, 2.45) is 5.92 Å². The van der Waals surface area contributed by atoms with Crippen molar-refractivity contribution >= 4 is 29.2 Å². The lowest BCUT2D eigenvalue weighted by Crippen LogP contribution is -2.50. The van der Waals surface area contributed by atoms with E-state index in [1.54, 1.807) is 61.3 Å². The summed E-state index contributed by atoms with van der Waals surface area (Å²) in [7, 11) is 1.67. The quantitative estimate of drug-likeness (QED) is 0.427. The molecule has 1 aliphatic rings. The molecular formula is C29H33N5O5. The van der Waals surface area contributed by atoms with Crippen LogP contribution in [0.1, 0.15) is 34.6 Å². The molecule has 0 unspecified atom stereocenters. The Morgan fingerprint density at radius 1 is 1.10 bits per heavy atom. The monoisotopic (exact) mass is 531 g/mol. The minimum Gasteiger partial charge on any atom is -0.485 e. The van der Waals surface area contributed by atoms with Crippen molar-refractivity contribution < 1.29 is 24.2 Å². The molecule has 0 aliphatic carbocycles. The molecule has 2 heterocycles. The van der Waals surface area contributed by atoms with Gasteiger partial charge in [0.2, 0.25) is 0 Å². The van der Waals surface area contributed by atoms with Crippen LogP contribution in [0.4, 0.5) is 16.2 Å². The van der Waals surface area contributed by atoms with Gasteiger partial charge in [-0.15, -0.1) is 0 Å². The molecule has 0 saturated carbocycles. The van der Waals surface area contributed by atoms with E-state index in [4.69, 9.17) is 4.74 Å². The van der Waals surface area contributed by atoms with Crippen LogP contribution in [0, 0.1) is 5.92 Å². The van der Waals surface area contributed by atoms with Crippen molar-refractivity contribution in [3.8, 4) is 5.75 Å². The maximum absolute atomic E-state index is 13.6. The highest BCUT2D eigenvalue weighted by Gasteiger charge is 2.35. The molecule has 2 aromatic carbocycles. The van der Waals surface area contributed by atoms with Gasteiger partial charge in [0.25, 0.3) is 11.8 Å². The number of aromatic nitrogens is 1. The fraction of sp³-hybridized carbons (Fsp3) is 0.310. The smallest absolute Gasteiger partial charge is 0.321 e. The number of ether oxygens (including phenoxy) is 1. The normalized spacial score (nSPS) is 17.6. The molecule has 3 aromatic rings. The number of amides is 4. The van der Waals surface area contributed by atoms with Gasteiger partial charge < -0.3 is 30.3 Å². The number of carbonyl (C=O) groups is 3. The van der Waals surface area contributed by atoms with Crippen LogP contribution < -0.4 is 15.4 Å². The molecule has 1 aliphatic heterocycles. The SMILES string of the molecule is C[C@@H]1CN([C@@H](C)CO)C(=O)c2cccc(NC(=O)c3ccncc3)c2O[C@@H]1CN(C)C(=O)Nc1ccccc1. The Kier molecular flexibility index (Phi) is 8.77. The lowest BCUT2D eigenvalue weighted by Gasteiger charge is -2.38. The Morgan fingerprint density at radius 3 is 2.51 bits per heavy atom. The van der Waals surface area contributed by atoms with E-state index in [-0.39, 0.29) is 48.2 Å². The lowest BCUT2D eigenvalue weighted by molar-refractivity contribution is 0.0372. The number of pyridine rings is 1. The number of benzene rings is 2. The second-order valence-corrected chi connectivity index (χ2v) is 9.67. The number of nitrogens with one attached hydrogen (secondary N) is 2. The van der Waals surface area contributed by atoms with Crippen molar-refractivity contribution in [2.75, 3.05) is 37.4 Å². The summed E-state index contributed by atoms with van der Waals surface area (Å²) in [5.41, 5.74) is 1.66. The van der Waals surface area contributed by atoms with E-state index in [1.165, 1.54) is 17.3 Å². The van der Waals surface area contributed by atoms with Gasteiger partial charge in [-0.25, -0.2) is 4.79 Å². The summed E-state index contributed by atoms with van der Waals surface area (Å²) in [6.45, 7) is 4.02. The molecule has 39 heavy (non-hydrogen) atoms. The molecule has 1 aromatic heterocycles. The average molecular weight is 532 g/mol. The first-order valence-electron chi connectivity index (χ1n) is 12.8. The largest absolute Gasteiger partial charge is 0.485 e. The van der Waals surface area contributed by atoms with E-state index >= 15 is 0 Å². The number of likely N-dealkylation sites (N-methyl/N-ethyl adjacent to an activating group) is 1. The number of urea groups is 1. The number of carbonyl (C=O) groups excluding carboxylic acids is 3. The van der Waals surface area contributed by atoms with E-state index in [2.05, 4.69) is 15.6 Å². The van der Waals surface area contributed by atoms with Crippen LogP contribution in [0.5, 0.6) is 5.75 Å².